The number of amides is 1. The van der Waals surface area contributed by atoms with Crippen molar-refractivity contribution in [1.82, 2.24) is 14.9 Å². The number of benzene rings is 1. The lowest BCUT2D eigenvalue weighted by Gasteiger charge is -2.10. The van der Waals surface area contributed by atoms with E-state index in [2.05, 4.69) is 10.3 Å². The molecule has 0 aliphatic rings. The minimum Gasteiger partial charge on any atom is -0.505 e. The molecule has 0 bridgehead atoms. The van der Waals surface area contributed by atoms with Crippen molar-refractivity contribution in [2.24, 2.45) is 0 Å². The zero-order chi connectivity index (χ0) is 18.1. The van der Waals surface area contributed by atoms with Crippen LogP contribution in [0.4, 0.5) is 0 Å². The number of hydrogen-bond donors (Lipinski definition) is 3. The number of rotatable bonds is 4. The summed E-state index contributed by atoms with van der Waals surface area (Å²) in [6.07, 6.45) is 1.63. The second kappa shape index (κ2) is 6.45. The van der Waals surface area contributed by atoms with E-state index >= 15 is 0 Å². The van der Waals surface area contributed by atoms with E-state index in [4.69, 9.17) is 16.7 Å². The smallest absolute Gasteiger partial charge is 0.322 e. The molecule has 8 heteroatoms. The largest absolute Gasteiger partial charge is 0.505 e. The number of pyridine rings is 1. The number of carboxylic acids is 1. The highest BCUT2D eigenvalue weighted by atomic mass is 35.5. The van der Waals surface area contributed by atoms with E-state index in [-0.39, 0.29) is 16.5 Å². The molecular formula is C17H14ClN3O4. The van der Waals surface area contributed by atoms with Crippen molar-refractivity contribution >= 4 is 34.4 Å². The third kappa shape index (κ3) is 3.01. The highest BCUT2D eigenvalue weighted by molar-refractivity contribution is 6.36. The molecule has 0 unspecified atom stereocenters. The van der Waals surface area contributed by atoms with Crippen LogP contribution in [0.3, 0.4) is 0 Å². The van der Waals surface area contributed by atoms with Crippen molar-refractivity contribution in [2.45, 2.75) is 6.92 Å². The molecule has 0 atom stereocenters. The fourth-order valence-corrected chi connectivity index (χ4v) is 2.92. The Morgan fingerprint density at radius 2 is 1.96 bits per heavy atom. The number of nitrogens with one attached hydrogen (secondary N) is 1. The molecule has 0 spiro atoms. The molecule has 0 aliphatic carbocycles. The van der Waals surface area contributed by atoms with E-state index in [1.807, 2.05) is 30.3 Å². The first-order valence-electron chi connectivity index (χ1n) is 7.35. The van der Waals surface area contributed by atoms with Crippen LogP contribution in [-0.2, 0) is 4.79 Å². The van der Waals surface area contributed by atoms with Crippen molar-refractivity contribution in [1.29, 1.82) is 0 Å². The summed E-state index contributed by atoms with van der Waals surface area (Å²) < 4.78 is 1.78. The lowest BCUT2D eigenvalue weighted by atomic mass is 10.2. The van der Waals surface area contributed by atoms with Crippen LogP contribution in [0.15, 0.2) is 36.5 Å². The Kier molecular flexibility index (Phi) is 4.33. The molecule has 7 nitrogen and oxygen atoms in total. The Hall–Kier alpha value is -3.06. The van der Waals surface area contributed by atoms with Crippen molar-refractivity contribution in [3.05, 3.63) is 52.9 Å². The molecule has 3 N–H and O–H groups in total. The van der Waals surface area contributed by atoms with Gasteiger partial charge in [-0.3, -0.25) is 9.59 Å². The molecule has 2 heterocycles. The molecule has 3 aromatic rings. The van der Waals surface area contributed by atoms with Gasteiger partial charge in [0.2, 0.25) is 0 Å². The summed E-state index contributed by atoms with van der Waals surface area (Å²) in [6.45, 7) is 1.11. The van der Waals surface area contributed by atoms with Gasteiger partial charge in [0.15, 0.2) is 11.4 Å². The van der Waals surface area contributed by atoms with Crippen molar-refractivity contribution in [3.8, 4) is 11.4 Å². The molecule has 0 saturated carbocycles. The van der Waals surface area contributed by atoms with E-state index in [0.29, 0.717) is 16.6 Å². The van der Waals surface area contributed by atoms with Crippen molar-refractivity contribution in [3.63, 3.8) is 0 Å². The van der Waals surface area contributed by atoms with Crippen LogP contribution in [0.5, 0.6) is 5.75 Å². The molecule has 3 rings (SSSR count). The summed E-state index contributed by atoms with van der Waals surface area (Å²) in [6, 6.07) is 9.36. The Bertz CT molecular complexity index is 983. The van der Waals surface area contributed by atoms with Crippen molar-refractivity contribution < 1.29 is 19.8 Å². The molecular weight excluding hydrogens is 346 g/mol. The average molecular weight is 360 g/mol. The van der Waals surface area contributed by atoms with E-state index in [0.717, 1.165) is 5.69 Å². The summed E-state index contributed by atoms with van der Waals surface area (Å²) in [7, 11) is 0. The van der Waals surface area contributed by atoms with Gasteiger partial charge in [-0.25, -0.2) is 4.98 Å². The first-order chi connectivity index (χ1) is 11.9. The van der Waals surface area contributed by atoms with Crippen molar-refractivity contribution in [2.75, 3.05) is 6.54 Å². The number of carbonyl (C=O) groups excluding carboxylic acids is 1. The maximum absolute atomic E-state index is 12.1. The van der Waals surface area contributed by atoms with Gasteiger partial charge in [-0.05, 0) is 19.1 Å². The van der Waals surface area contributed by atoms with E-state index in [9.17, 15) is 14.7 Å². The van der Waals surface area contributed by atoms with Gasteiger partial charge < -0.3 is 20.1 Å². The average Bonchev–Trinajstić information content (AvgIpc) is 2.95. The maximum atomic E-state index is 12.1. The van der Waals surface area contributed by atoms with Crippen LogP contribution < -0.4 is 5.32 Å². The molecule has 25 heavy (non-hydrogen) atoms. The van der Waals surface area contributed by atoms with Gasteiger partial charge in [-0.2, -0.15) is 0 Å². The number of halogens is 1. The predicted octanol–water partition coefficient (Wildman–Crippen LogP) is 2.51. The third-order valence-corrected chi connectivity index (χ3v) is 3.98. The summed E-state index contributed by atoms with van der Waals surface area (Å²) >= 11 is 6.27. The lowest BCUT2D eigenvalue weighted by molar-refractivity contribution is -0.135. The second-order valence-corrected chi connectivity index (χ2v) is 5.78. The van der Waals surface area contributed by atoms with Crippen LogP contribution >= 0.6 is 11.6 Å². The topological polar surface area (TPSA) is 104 Å². The van der Waals surface area contributed by atoms with E-state index < -0.39 is 18.4 Å². The third-order valence-electron chi connectivity index (χ3n) is 3.69. The maximum Gasteiger partial charge on any atom is 0.322 e. The number of hydrogen-bond acceptors (Lipinski definition) is 4. The minimum atomic E-state index is -1.20. The molecule has 0 radical (unpaired) electrons. The van der Waals surface area contributed by atoms with Crippen LogP contribution in [-0.4, -0.2) is 38.2 Å². The van der Waals surface area contributed by atoms with E-state index in [1.54, 1.807) is 17.7 Å². The Morgan fingerprint density at radius 1 is 1.28 bits per heavy atom. The van der Waals surface area contributed by atoms with Gasteiger partial charge in [0, 0.05) is 11.9 Å². The zero-order valence-corrected chi connectivity index (χ0v) is 13.9. The quantitative estimate of drug-likeness (QED) is 0.664. The van der Waals surface area contributed by atoms with Crippen LogP contribution in [0.2, 0.25) is 5.02 Å². The first kappa shape index (κ1) is 16.8. The zero-order valence-electron chi connectivity index (χ0n) is 13.2. The Balaban J connectivity index is 2.17. The fraction of sp³-hybridized carbons (Fsp3) is 0.118. The van der Waals surface area contributed by atoms with Gasteiger partial charge in [-0.15, -0.1) is 0 Å². The number of aliphatic carboxylic acids is 1. The predicted molar refractivity (Wildman–Crippen MR) is 92.5 cm³/mol. The summed E-state index contributed by atoms with van der Waals surface area (Å²) in [5.41, 5.74) is 1.61. The highest BCUT2D eigenvalue weighted by Crippen LogP contribution is 2.37. The van der Waals surface area contributed by atoms with Crippen LogP contribution in [0, 0.1) is 6.92 Å². The number of aryl methyl sites for hydroxylation is 1. The molecule has 2 aromatic heterocycles. The normalized spacial score (nSPS) is 10.8. The minimum absolute atomic E-state index is 0.258. The second-order valence-electron chi connectivity index (χ2n) is 5.38. The SMILES string of the molecule is Cc1nc(C(=O)NCC(=O)O)c(O)c2c(Cl)cn(-c3ccccc3)c12. The molecule has 0 aliphatic heterocycles. The highest BCUT2D eigenvalue weighted by Gasteiger charge is 2.23. The van der Waals surface area contributed by atoms with Gasteiger partial charge in [0.05, 0.1) is 21.6 Å². The van der Waals surface area contributed by atoms with Gasteiger partial charge in [0.25, 0.3) is 5.91 Å². The van der Waals surface area contributed by atoms with Crippen LogP contribution in [0.1, 0.15) is 16.2 Å². The van der Waals surface area contributed by atoms with Gasteiger partial charge >= 0.3 is 5.97 Å². The number of para-hydroxylation sites is 1. The van der Waals surface area contributed by atoms with Gasteiger partial charge in [-0.1, -0.05) is 29.8 Å². The number of nitrogens with zero attached hydrogens (tertiary/aromatic N) is 2. The molecule has 128 valence electrons. The Labute approximate surface area is 147 Å². The number of aromatic hydroxyl groups is 1. The van der Waals surface area contributed by atoms with E-state index in [1.165, 1.54) is 0 Å². The standard InChI is InChI=1S/C17H14ClN3O4/c1-9-15-13(11(18)8-21(15)10-5-3-2-4-6-10)16(24)14(20-9)17(25)19-7-12(22)23/h2-6,8,24H,7H2,1H3,(H,19,25)(H,22,23). The lowest BCUT2D eigenvalue weighted by Crippen LogP contribution is -2.30. The van der Waals surface area contributed by atoms with Gasteiger partial charge in [0.1, 0.15) is 6.54 Å². The molecule has 1 aromatic carbocycles. The number of carbonyl (C=O) groups is 2. The summed E-state index contributed by atoms with van der Waals surface area (Å²) in [4.78, 5) is 26.8. The molecule has 1 amide bonds. The number of aromatic nitrogens is 2. The summed E-state index contributed by atoms with van der Waals surface area (Å²) in [5.74, 6) is -2.37. The first-order valence-corrected chi connectivity index (χ1v) is 7.73. The molecule has 0 saturated heterocycles. The number of carboxylic acid groups (broad SMARTS) is 1. The monoisotopic (exact) mass is 359 g/mol. The fourth-order valence-electron chi connectivity index (χ4n) is 2.64. The summed E-state index contributed by atoms with van der Waals surface area (Å²) in [5, 5.41) is 21.9. The Morgan fingerprint density at radius 3 is 2.60 bits per heavy atom. The molecule has 0 fully saturated rings. The number of fused-ring (bicyclic) bond motifs is 1. The van der Waals surface area contributed by atoms with Crippen LogP contribution in [0.25, 0.3) is 16.6 Å².